The smallest absolute Gasteiger partial charge is 0.371 e. The number of aromatic nitrogens is 3. The van der Waals surface area contributed by atoms with E-state index in [-0.39, 0.29) is 36.5 Å². The molecule has 1 saturated carbocycles. The summed E-state index contributed by atoms with van der Waals surface area (Å²) in [4.78, 5) is 12.6. The fourth-order valence-corrected chi connectivity index (χ4v) is 5.15. The molecule has 2 aliphatic heterocycles. The number of carbonyl (C=O) groups is 1. The first-order valence-electron chi connectivity index (χ1n) is 11.5. The first kappa shape index (κ1) is 22.3. The van der Waals surface area contributed by atoms with E-state index >= 15 is 0 Å². The quantitative estimate of drug-likeness (QED) is 0.732. The Morgan fingerprint density at radius 1 is 1.06 bits per heavy atom. The highest BCUT2D eigenvalue weighted by atomic mass is 19.4. The standard InChI is InChI=1S/C23H27F3N4O3/c24-23(25,26)16-8-6-15(7-9-16)22(31)27-18-12-32-21-19(13-33-20(18)21)30-11-17(28-29-30)10-14-4-2-1-3-5-14/h6-9,11,14,18-21H,1-5,10,12-13H2,(H,27,31)/t18-,19-,20+,21+/m0/s1. The highest BCUT2D eigenvalue weighted by molar-refractivity contribution is 5.94. The van der Waals surface area contributed by atoms with Crippen LogP contribution in [0.15, 0.2) is 30.5 Å². The van der Waals surface area contributed by atoms with E-state index in [1.807, 2.05) is 10.9 Å². The summed E-state index contributed by atoms with van der Waals surface area (Å²) in [5.74, 6) is 0.213. The van der Waals surface area contributed by atoms with Crippen molar-refractivity contribution in [2.45, 2.75) is 69.0 Å². The predicted octanol–water partition coefficient (Wildman–Crippen LogP) is 3.56. The first-order chi connectivity index (χ1) is 15.9. The van der Waals surface area contributed by atoms with Crippen molar-refractivity contribution in [3.05, 3.63) is 47.3 Å². The molecule has 2 saturated heterocycles. The van der Waals surface area contributed by atoms with Crippen LogP contribution in [0.4, 0.5) is 13.2 Å². The van der Waals surface area contributed by atoms with Gasteiger partial charge in [-0.05, 0) is 36.6 Å². The van der Waals surface area contributed by atoms with Gasteiger partial charge in [0.25, 0.3) is 5.91 Å². The van der Waals surface area contributed by atoms with Crippen LogP contribution in [0.2, 0.25) is 0 Å². The molecule has 5 rings (SSSR count). The monoisotopic (exact) mass is 464 g/mol. The molecule has 10 heteroatoms. The lowest BCUT2D eigenvalue weighted by atomic mass is 9.86. The van der Waals surface area contributed by atoms with Crippen molar-refractivity contribution in [2.75, 3.05) is 13.2 Å². The van der Waals surface area contributed by atoms with Crippen LogP contribution in [0, 0.1) is 5.92 Å². The fourth-order valence-electron chi connectivity index (χ4n) is 5.15. The molecule has 1 N–H and O–H groups in total. The van der Waals surface area contributed by atoms with Crippen LogP contribution in [0.1, 0.15) is 59.8 Å². The number of halogens is 3. The summed E-state index contributed by atoms with van der Waals surface area (Å²) >= 11 is 0. The van der Waals surface area contributed by atoms with E-state index in [1.54, 1.807) is 0 Å². The molecule has 0 unspecified atom stereocenters. The summed E-state index contributed by atoms with van der Waals surface area (Å²) in [6, 6.07) is 3.64. The first-order valence-corrected chi connectivity index (χ1v) is 11.5. The van der Waals surface area contributed by atoms with Crippen molar-refractivity contribution in [1.29, 1.82) is 0 Å². The summed E-state index contributed by atoms with van der Waals surface area (Å²) in [6.07, 6.45) is 4.23. The SMILES string of the molecule is O=C(N[C@H]1CO[C@H]2[C@@H]1OC[C@@H]2n1cc(CC2CCCCC2)nn1)c1ccc(C(F)(F)F)cc1. The van der Waals surface area contributed by atoms with Crippen molar-refractivity contribution in [2.24, 2.45) is 5.92 Å². The van der Waals surface area contributed by atoms with Crippen LogP contribution in [0.3, 0.4) is 0 Å². The van der Waals surface area contributed by atoms with Crippen LogP contribution in [-0.2, 0) is 22.1 Å². The zero-order valence-corrected chi connectivity index (χ0v) is 18.1. The second-order valence-corrected chi connectivity index (χ2v) is 9.22. The maximum atomic E-state index is 12.7. The average molecular weight is 464 g/mol. The Morgan fingerprint density at radius 2 is 1.79 bits per heavy atom. The Bertz CT molecular complexity index is 972. The highest BCUT2D eigenvalue weighted by Gasteiger charge is 2.49. The number of carbonyl (C=O) groups excluding carboxylic acids is 1. The van der Waals surface area contributed by atoms with Crippen LogP contribution in [-0.4, -0.2) is 52.4 Å². The summed E-state index contributed by atoms with van der Waals surface area (Å²) < 4.78 is 51.9. The van der Waals surface area contributed by atoms with Crippen LogP contribution < -0.4 is 5.32 Å². The summed E-state index contributed by atoms with van der Waals surface area (Å²) in [5.41, 5.74) is 0.348. The van der Waals surface area contributed by atoms with Crippen molar-refractivity contribution >= 4 is 5.91 Å². The summed E-state index contributed by atoms with van der Waals surface area (Å²) in [6.45, 7) is 0.663. The third kappa shape index (κ3) is 4.77. The zero-order valence-electron chi connectivity index (χ0n) is 18.1. The third-order valence-electron chi connectivity index (χ3n) is 6.94. The molecule has 1 amide bonds. The second kappa shape index (κ2) is 9.06. The number of rotatable bonds is 5. The van der Waals surface area contributed by atoms with E-state index in [9.17, 15) is 18.0 Å². The number of hydrogen-bond acceptors (Lipinski definition) is 5. The molecular weight excluding hydrogens is 437 g/mol. The molecule has 1 aliphatic carbocycles. The third-order valence-corrected chi connectivity index (χ3v) is 6.94. The van der Waals surface area contributed by atoms with Gasteiger partial charge in [0.15, 0.2) is 0 Å². The van der Waals surface area contributed by atoms with Crippen LogP contribution in [0.5, 0.6) is 0 Å². The topological polar surface area (TPSA) is 78.3 Å². The molecule has 33 heavy (non-hydrogen) atoms. The Labute approximate surface area is 189 Å². The van der Waals surface area contributed by atoms with Gasteiger partial charge in [-0.15, -0.1) is 5.10 Å². The van der Waals surface area contributed by atoms with Crippen molar-refractivity contribution in [1.82, 2.24) is 20.3 Å². The normalized spacial score (nSPS) is 28.1. The van der Waals surface area contributed by atoms with E-state index in [0.29, 0.717) is 12.5 Å². The minimum absolute atomic E-state index is 0.129. The van der Waals surface area contributed by atoms with Gasteiger partial charge < -0.3 is 14.8 Å². The average Bonchev–Trinajstić information content (AvgIpc) is 3.52. The number of nitrogens with zero attached hydrogens (tertiary/aromatic N) is 3. The lowest BCUT2D eigenvalue weighted by molar-refractivity contribution is -0.137. The maximum Gasteiger partial charge on any atom is 0.416 e. The van der Waals surface area contributed by atoms with Gasteiger partial charge in [0, 0.05) is 11.8 Å². The molecule has 3 fully saturated rings. The number of nitrogens with one attached hydrogen (secondary N) is 1. The minimum atomic E-state index is -4.44. The minimum Gasteiger partial charge on any atom is -0.371 e. The largest absolute Gasteiger partial charge is 0.416 e. The van der Waals surface area contributed by atoms with Crippen molar-refractivity contribution in [3.63, 3.8) is 0 Å². The van der Waals surface area contributed by atoms with Gasteiger partial charge in [-0.3, -0.25) is 4.79 Å². The number of alkyl halides is 3. The Kier molecular flexibility index (Phi) is 6.13. The molecule has 178 valence electrons. The predicted molar refractivity (Wildman–Crippen MR) is 112 cm³/mol. The molecule has 3 heterocycles. The van der Waals surface area contributed by atoms with E-state index in [4.69, 9.17) is 9.47 Å². The van der Waals surface area contributed by atoms with Crippen LogP contribution in [0.25, 0.3) is 0 Å². The number of benzene rings is 1. The van der Waals surface area contributed by atoms with Gasteiger partial charge in [-0.2, -0.15) is 13.2 Å². The second-order valence-electron chi connectivity index (χ2n) is 9.22. The molecule has 7 nitrogen and oxygen atoms in total. The van der Waals surface area contributed by atoms with Gasteiger partial charge in [0.1, 0.15) is 18.2 Å². The van der Waals surface area contributed by atoms with E-state index < -0.39 is 17.6 Å². The van der Waals surface area contributed by atoms with E-state index in [1.165, 1.54) is 44.2 Å². The fraction of sp³-hybridized carbons (Fsp3) is 0.609. The van der Waals surface area contributed by atoms with Gasteiger partial charge >= 0.3 is 6.18 Å². The van der Waals surface area contributed by atoms with Gasteiger partial charge in [-0.25, -0.2) is 4.68 Å². The van der Waals surface area contributed by atoms with Gasteiger partial charge in [0.05, 0.1) is 30.5 Å². The molecule has 2 aromatic rings. The number of fused-ring (bicyclic) bond motifs is 1. The van der Waals surface area contributed by atoms with Crippen LogP contribution >= 0.6 is 0 Å². The Morgan fingerprint density at radius 3 is 2.52 bits per heavy atom. The number of amides is 1. The molecule has 3 aliphatic rings. The zero-order chi connectivity index (χ0) is 23.0. The molecule has 0 spiro atoms. The molecule has 1 aromatic heterocycles. The summed E-state index contributed by atoms with van der Waals surface area (Å²) in [5, 5.41) is 11.5. The van der Waals surface area contributed by atoms with Gasteiger partial charge in [-0.1, -0.05) is 37.3 Å². The number of hydrogen-bond donors (Lipinski definition) is 1. The molecular formula is C23H27F3N4O3. The van der Waals surface area contributed by atoms with E-state index in [2.05, 4.69) is 15.6 Å². The molecule has 0 bridgehead atoms. The maximum absolute atomic E-state index is 12.7. The Balaban J connectivity index is 1.19. The van der Waals surface area contributed by atoms with E-state index in [0.717, 1.165) is 24.2 Å². The molecule has 1 aromatic carbocycles. The molecule has 4 atom stereocenters. The molecule has 0 radical (unpaired) electrons. The highest BCUT2D eigenvalue weighted by Crippen LogP contribution is 2.35. The Hall–Kier alpha value is -2.46. The van der Waals surface area contributed by atoms with Gasteiger partial charge in [0.2, 0.25) is 0 Å². The number of ether oxygens (including phenoxy) is 2. The van der Waals surface area contributed by atoms with Crippen molar-refractivity contribution in [3.8, 4) is 0 Å². The lowest BCUT2D eigenvalue weighted by Crippen LogP contribution is -2.44. The van der Waals surface area contributed by atoms with Crippen molar-refractivity contribution < 1.29 is 27.4 Å². The lowest BCUT2D eigenvalue weighted by Gasteiger charge is -2.20. The summed E-state index contributed by atoms with van der Waals surface area (Å²) in [7, 11) is 0.